The molecule has 2 aromatic rings. The minimum absolute atomic E-state index is 0.0639. The van der Waals surface area contributed by atoms with E-state index in [-0.39, 0.29) is 28.1 Å². The number of nitrogens with one attached hydrogen (secondary N) is 1. The Morgan fingerprint density at radius 3 is 2.04 bits per heavy atom. The van der Waals surface area contributed by atoms with E-state index in [1.54, 1.807) is 0 Å². The lowest BCUT2D eigenvalue weighted by Gasteiger charge is -2.21. The molecule has 28 heavy (non-hydrogen) atoms. The number of halogens is 7. The first kappa shape index (κ1) is 22.7. The van der Waals surface area contributed by atoms with Crippen LogP contribution in [0.4, 0.5) is 32.0 Å². The third kappa shape index (κ3) is 8.22. The first-order valence-electron chi connectivity index (χ1n) is 7.24. The summed E-state index contributed by atoms with van der Waals surface area (Å²) < 4.78 is 96.6. The van der Waals surface area contributed by atoms with Crippen molar-refractivity contribution < 1.29 is 40.0 Å². The zero-order valence-electron chi connectivity index (χ0n) is 13.6. The zero-order valence-corrected chi connectivity index (χ0v) is 16.0. The Morgan fingerprint density at radius 2 is 1.54 bits per heavy atom. The first-order valence-corrected chi connectivity index (χ1v) is 9.98. The van der Waals surface area contributed by atoms with E-state index in [2.05, 4.69) is 9.61 Å². The molecule has 0 radical (unpaired) electrons. The van der Waals surface area contributed by atoms with Crippen molar-refractivity contribution in [2.24, 2.45) is 0 Å². The molecule has 0 aromatic heterocycles. The molecular weight excluding hydrogens is 455 g/mol. The summed E-state index contributed by atoms with van der Waals surface area (Å²) >= 11 is 5.32. The van der Waals surface area contributed by atoms with Gasteiger partial charge in [-0.25, -0.2) is 4.57 Å². The van der Waals surface area contributed by atoms with E-state index in [1.165, 1.54) is 24.3 Å². The predicted octanol–water partition coefficient (Wildman–Crippen LogP) is 7.13. The average molecular weight is 466 g/mol. The van der Waals surface area contributed by atoms with Crippen LogP contribution in [0.1, 0.15) is 0 Å². The number of rotatable bonds is 7. The summed E-state index contributed by atoms with van der Waals surface area (Å²) in [7, 11) is -4.57. The second-order valence-electron chi connectivity index (χ2n) is 5.12. The maximum Gasteiger partial charge on any atom is 0.486 e. The van der Waals surface area contributed by atoms with E-state index in [0.29, 0.717) is 5.02 Å². The van der Waals surface area contributed by atoms with Crippen molar-refractivity contribution in [3.63, 3.8) is 0 Å². The SMILES string of the molecule is O=[P@](Nc1ccc(SC(F)(F)F)cc1)(OCC(F)(F)F)Oc1ccc(Cl)cc1. The van der Waals surface area contributed by atoms with Crippen LogP contribution in [0.5, 0.6) is 5.75 Å². The van der Waals surface area contributed by atoms with Gasteiger partial charge in [0.2, 0.25) is 0 Å². The van der Waals surface area contributed by atoms with Gasteiger partial charge in [0.15, 0.2) is 6.61 Å². The van der Waals surface area contributed by atoms with Gasteiger partial charge in [-0.2, -0.15) is 26.3 Å². The van der Waals surface area contributed by atoms with Gasteiger partial charge in [0.25, 0.3) is 0 Å². The molecule has 1 atom stereocenters. The van der Waals surface area contributed by atoms with Crippen LogP contribution >= 0.6 is 31.1 Å². The number of thioether (sulfide) groups is 1. The highest BCUT2D eigenvalue weighted by Crippen LogP contribution is 2.49. The predicted molar refractivity (Wildman–Crippen MR) is 93.7 cm³/mol. The van der Waals surface area contributed by atoms with E-state index in [1.807, 2.05) is 0 Å². The molecule has 0 saturated carbocycles. The summed E-state index contributed by atoms with van der Waals surface area (Å²) in [5, 5.41) is 2.48. The van der Waals surface area contributed by atoms with Crippen molar-refractivity contribution in [1.82, 2.24) is 0 Å². The largest absolute Gasteiger partial charge is 0.486 e. The van der Waals surface area contributed by atoms with Crippen molar-refractivity contribution in [1.29, 1.82) is 0 Å². The third-order valence-electron chi connectivity index (χ3n) is 2.79. The quantitative estimate of drug-likeness (QED) is 0.268. The molecule has 0 aliphatic heterocycles. The van der Waals surface area contributed by atoms with Crippen molar-refractivity contribution in [3.05, 3.63) is 53.6 Å². The Kier molecular flexibility index (Phi) is 7.19. The average Bonchev–Trinajstić information content (AvgIpc) is 2.55. The molecule has 2 rings (SSSR count). The van der Waals surface area contributed by atoms with E-state index in [9.17, 15) is 30.9 Å². The van der Waals surface area contributed by atoms with E-state index >= 15 is 0 Å². The van der Waals surface area contributed by atoms with Gasteiger partial charge < -0.3 is 4.52 Å². The molecule has 154 valence electrons. The molecule has 0 saturated heterocycles. The van der Waals surface area contributed by atoms with E-state index in [0.717, 1.165) is 24.3 Å². The second-order valence-corrected chi connectivity index (χ2v) is 8.35. The van der Waals surface area contributed by atoms with Crippen LogP contribution in [0.25, 0.3) is 0 Å². The third-order valence-corrected chi connectivity index (χ3v) is 5.23. The lowest BCUT2D eigenvalue weighted by Crippen LogP contribution is -2.19. The van der Waals surface area contributed by atoms with Gasteiger partial charge >= 0.3 is 19.4 Å². The summed E-state index contributed by atoms with van der Waals surface area (Å²) in [4.78, 5) is -0.164. The highest BCUT2D eigenvalue weighted by atomic mass is 35.5. The Bertz CT molecular complexity index is 830. The number of alkyl halides is 6. The fourth-order valence-electron chi connectivity index (χ4n) is 1.76. The lowest BCUT2D eigenvalue weighted by atomic mass is 10.3. The maximum absolute atomic E-state index is 12.7. The van der Waals surface area contributed by atoms with Gasteiger partial charge in [0.1, 0.15) is 5.75 Å². The van der Waals surface area contributed by atoms with Crippen molar-refractivity contribution >= 4 is 36.8 Å². The lowest BCUT2D eigenvalue weighted by molar-refractivity contribution is -0.154. The molecule has 0 aliphatic carbocycles. The summed E-state index contributed by atoms with van der Waals surface area (Å²) in [6.45, 7) is -1.87. The summed E-state index contributed by atoms with van der Waals surface area (Å²) in [6, 6.07) is 9.54. The normalized spacial score (nSPS) is 14.4. The number of hydrogen-bond acceptors (Lipinski definition) is 4. The Hall–Kier alpha value is -1.55. The standard InChI is InChI=1S/C15H11ClF6NO3PS/c16-10-1-5-12(6-2-10)26-27(24,25-9-14(17,18)19)23-11-3-7-13(8-4-11)28-15(20,21)22/h1-8H,9H2,(H,23,24)/t27-/m1/s1. The molecule has 0 fully saturated rings. The molecule has 0 unspecified atom stereocenters. The molecule has 0 amide bonds. The van der Waals surface area contributed by atoms with Crippen molar-refractivity contribution in [2.75, 3.05) is 11.7 Å². The van der Waals surface area contributed by atoms with Gasteiger partial charge in [-0.15, -0.1) is 0 Å². The van der Waals surface area contributed by atoms with Gasteiger partial charge in [0, 0.05) is 15.6 Å². The van der Waals surface area contributed by atoms with Crippen LogP contribution in [0.2, 0.25) is 5.02 Å². The molecular formula is C15H11ClF6NO3PS. The highest BCUT2D eigenvalue weighted by molar-refractivity contribution is 8.00. The Labute approximate surface area is 164 Å². The van der Waals surface area contributed by atoms with Crippen molar-refractivity contribution in [3.8, 4) is 5.75 Å². The molecule has 4 nitrogen and oxygen atoms in total. The Morgan fingerprint density at radius 1 is 0.964 bits per heavy atom. The van der Waals surface area contributed by atoms with Crippen LogP contribution < -0.4 is 9.61 Å². The van der Waals surface area contributed by atoms with Crippen LogP contribution in [0, 0.1) is 0 Å². The van der Waals surface area contributed by atoms with Gasteiger partial charge in [0.05, 0.1) is 0 Å². The van der Waals surface area contributed by atoms with Gasteiger partial charge in [-0.3, -0.25) is 9.61 Å². The smallest absolute Gasteiger partial charge is 0.409 e. The fraction of sp³-hybridized carbons (Fsp3) is 0.200. The van der Waals surface area contributed by atoms with Gasteiger partial charge in [-0.05, 0) is 60.3 Å². The molecule has 0 bridgehead atoms. The number of anilines is 1. The number of hydrogen-bond donors (Lipinski definition) is 1. The topological polar surface area (TPSA) is 47.6 Å². The van der Waals surface area contributed by atoms with Crippen LogP contribution in [-0.2, 0) is 9.09 Å². The van der Waals surface area contributed by atoms with E-state index < -0.39 is 26.0 Å². The molecule has 2 aromatic carbocycles. The zero-order chi connectivity index (χ0) is 21.0. The molecule has 0 heterocycles. The monoisotopic (exact) mass is 465 g/mol. The summed E-state index contributed by atoms with van der Waals surface area (Å²) in [5.74, 6) is -0.0911. The number of benzene rings is 2. The molecule has 13 heteroatoms. The minimum Gasteiger partial charge on any atom is -0.409 e. The van der Waals surface area contributed by atoms with Gasteiger partial charge in [-0.1, -0.05) is 11.6 Å². The van der Waals surface area contributed by atoms with E-state index in [4.69, 9.17) is 16.1 Å². The summed E-state index contributed by atoms with van der Waals surface area (Å²) in [5.41, 5.74) is -4.57. The van der Waals surface area contributed by atoms with Crippen LogP contribution in [-0.4, -0.2) is 18.3 Å². The second kappa shape index (κ2) is 8.86. The molecule has 0 spiro atoms. The molecule has 0 aliphatic rings. The maximum atomic E-state index is 12.7. The molecule has 1 N–H and O–H groups in total. The van der Waals surface area contributed by atoms with Crippen LogP contribution in [0.3, 0.4) is 0 Å². The minimum atomic E-state index is -4.78. The van der Waals surface area contributed by atoms with Crippen molar-refractivity contribution in [2.45, 2.75) is 16.6 Å². The Balaban J connectivity index is 2.18. The van der Waals surface area contributed by atoms with Crippen LogP contribution in [0.15, 0.2) is 53.4 Å². The highest BCUT2D eigenvalue weighted by Gasteiger charge is 2.36. The fourth-order valence-corrected chi connectivity index (χ4v) is 3.77. The first-order chi connectivity index (χ1) is 12.8. The summed E-state index contributed by atoms with van der Waals surface area (Å²) in [6.07, 6.45) is -4.78.